The van der Waals surface area contributed by atoms with Gasteiger partial charge in [-0.2, -0.15) is 5.10 Å². The van der Waals surface area contributed by atoms with Gasteiger partial charge in [0.1, 0.15) is 12.4 Å². The van der Waals surface area contributed by atoms with Gasteiger partial charge in [0.2, 0.25) is 0 Å². The van der Waals surface area contributed by atoms with Crippen molar-refractivity contribution in [3.05, 3.63) is 88.1 Å². The Morgan fingerprint density at radius 2 is 1.75 bits per heavy atom. The number of aryl methyl sites for hydroxylation is 1. The number of Topliss-reactive ketones (excluding diaryl/α,β-unsaturated/α-hetero) is 1. The Labute approximate surface area is 160 Å². The van der Waals surface area contributed by atoms with Gasteiger partial charge < -0.3 is 4.57 Å². The average molecular weight is 375 g/mol. The number of rotatable bonds is 4. The fraction of sp³-hybridized carbons (Fsp3) is 0.136. The highest BCUT2D eigenvalue weighted by atomic mass is 19.1. The number of hydrogen-bond acceptors (Lipinski definition) is 3. The number of carbonyl (C=O) groups excluding carboxylic acids is 1. The van der Waals surface area contributed by atoms with Gasteiger partial charge in [0.05, 0.1) is 5.69 Å². The van der Waals surface area contributed by atoms with E-state index in [-0.39, 0.29) is 17.9 Å². The lowest BCUT2D eigenvalue weighted by atomic mass is 10.1. The van der Waals surface area contributed by atoms with Gasteiger partial charge >= 0.3 is 0 Å². The zero-order valence-electron chi connectivity index (χ0n) is 15.5. The minimum Gasteiger partial charge on any atom is -0.347 e. The molecule has 28 heavy (non-hydrogen) atoms. The van der Waals surface area contributed by atoms with Crippen molar-refractivity contribution in [1.82, 2.24) is 14.3 Å². The maximum absolute atomic E-state index is 14.1. The summed E-state index contributed by atoms with van der Waals surface area (Å²) in [4.78, 5) is 25.3. The van der Waals surface area contributed by atoms with Gasteiger partial charge in [-0.15, -0.1) is 0 Å². The molecule has 2 heterocycles. The fourth-order valence-corrected chi connectivity index (χ4v) is 3.46. The molecule has 5 nitrogen and oxygen atoms in total. The summed E-state index contributed by atoms with van der Waals surface area (Å²) in [5.41, 5.74) is 2.52. The van der Waals surface area contributed by atoms with Crippen LogP contribution in [0, 0.1) is 12.7 Å². The molecule has 6 heteroatoms. The minimum atomic E-state index is -0.434. The number of aromatic nitrogens is 3. The molecule has 0 atom stereocenters. The summed E-state index contributed by atoms with van der Waals surface area (Å²) in [5.74, 6) is -0.647. The summed E-state index contributed by atoms with van der Waals surface area (Å²) in [7, 11) is 1.90. The van der Waals surface area contributed by atoms with E-state index in [1.165, 1.54) is 18.2 Å². The zero-order valence-corrected chi connectivity index (χ0v) is 15.5. The van der Waals surface area contributed by atoms with Crippen molar-refractivity contribution in [1.29, 1.82) is 0 Å². The lowest BCUT2D eigenvalue weighted by Gasteiger charge is -2.08. The van der Waals surface area contributed by atoms with Crippen LogP contribution >= 0.6 is 0 Å². The standard InChI is InChI=1S/C22H18FN3O2/c1-14-22(16-8-4-6-10-19(16)25(14)2)20(27)13-26-21(28)12-11-18(24-26)15-7-3-5-9-17(15)23/h3-12H,13H2,1-2H3. The van der Waals surface area contributed by atoms with Crippen LogP contribution in [-0.4, -0.2) is 20.1 Å². The maximum Gasteiger partial charge on any atom is 0.267 e. The Kier molecular flexibility index (Phi) is 4.39. The summed E-state index contributed by atoms with van der Waals surface area (Å²) >= 11 is 0. The van der Waals surface area contributed by atoms with E-state index < -0.39 is 11.4 Å². The third kappa shape index (κ3) is 2.93. The first kappa shape index (κ1) is 17.9. The summed E-state index contributed by atoms with van der Waals surface area (Å²) in [5, 5.41) is 5.06. The number of nitrogens with zero attached hydrogens (tertiary/aromatic N) is 3. The topological polar surface area (TPSA) is 56.9 Å². The number of benzene rings is 2. The van der Waals surface area contributed by atoms with Crippen molar-refractivity contribution in [2.24, 2.45) is 7.05 Å². The molecule has 0 spiro atoms. The fourth-order valence-electron chi connectivity index (χ4n) is 3.46. The van der Waals surface area contributed by atoms with Crippen molar-refractivity contribution in [2.45, 2.75) is 13.5 Å². The molecule has 0 bridgehead atoms. The normalized spacial score (nSPS) is 11.1. The highest BCUT2D eigenvalue weighted by Gasteiger charge is 2.19. The predicted octanol–water partition coefficient (Wildman–Crippen LogP) is 3.73. The largest absolute Gasteiger partial charge is 0.347 e. The number of hydrogen-bond donors (Lipinski definition) is 0. The second kappa shape index (κ2) is 6.88. The molecule has 0 aliphatic carbocycles. The molecule has 0 N–H and O–H groups in total. The second-order valence-electron chi connectivity index (χ2n) is 6.65. The highest BCUT2D eigenvalue weighted by Crippen LogP contribution is 2.25. The van der Waals surface area contributed by atoms with Crippen LogP contribution in [0.4, 0.5) is 4.39 Å². The lowest BCUT2D eigenvalue weighted by molar-refractivity contribution is 0.0966. The molecule has 0 fully saturated rings. The van der Waals surface area contributed by atoms with Gasteiger partial charge in [-0.25, -0.2) is 9.07 Å². The number of carbonyl (C=O) groups is 1. The van der Waals surface area contributed by atoms with Gasteiger partial charge in [-0.3, -0.25) is 9.59 Å². The van der Waals surface area contributed by atoms with Crippen molar-refractivity contribution in [2.75, 3.05) is 0 Å². The summed E-state index contributed by atoms with van der Waals surface area (Å²) in [6.07, 6.45) is 0. The van der Waals surface area contributed by atoms with Crippen LogP contribution in [0.25, 0.3) is 22.2 Å². The Morgan fingerprint density at radius 1 is 1.04 bits per heavy atom. The van der Waals surface area contributed by atoms with E-state index in [1.807, 2.05) is 42.8 Å². The number of fused-ring (bicyclic) bond motifs is 1. The molecule has 4 rings (SSSR count). The average Bonchev–Trinajstić information content (AvgIpc) is 2.95. The minimum absolute atomic E-state index is 0.212. The van der Waals surface area contributed by atoms with E-state index >= 15 is 0 Å². The van der Waals surface area contributed by atoms with E-state index in [0.29, 0.717) is 11.3 Å². The van der Waals surface area contributed by atoms with Crippen molar-refractivity contribution >= 4 is 16.7 Å². The molecular formula is C22H18FN3O2. The molecule has 0 aliphatic rings. The SMILES string of the molecule is Cc1c(C(=O)Cn2nc(-c3ccccc3F)ccc2=O)c2ccccc2n1C. The second-order valence-corrected chi connectivity index (χ2v) is 6.65. The molecule has 0 saturated heterocycles. The smallest absolute Gasteiger partial charge is 0.267 e. The summed E-state index contributed by atoms with van der Waals surface area (Å²) in [6, 6.07) is 16.6. The number of ketones is 1. The van der Waals surface area contributed by atoms with E-state index in [4.69, 9.17) is 0 Å². The van der Waals surface area contributed by atoms with Crippen LogP contribution in [0.2, 0.25) is 0 Å². The van der Waals surface area contributed by atoms with Gasteiger partial charge in [0.15, 0.2) is 5.78 Å². The summed E-state index contributed by atoms with van der Waals surface area (Å²) in [6.45, 7) is 1.66. The van der Waals surface area contributed by atoms with Crippen LogP contribution in [0.1, 0.15) is 16.1 Å². The Hall–Kier alpha value is -3.54. The van der Waals surface area contributed by atoms with Crippen molar-refractivity contribution in [3.63, 3.8) is 0 Å². The number of halogens is 1. The quantitative estimate of drug-likeness (QED) is 0.511. The first-order valence-electron chi connectivity index (χ1n) is 8.87. The molecule has 0 amide bonds. The molecular weight excluding hydrogens is 357 g/mol. The third-order valence-electron chi connectivity index (χ3n) is 4.99. The molecule has 0 unspecified atom stereocenters. The monoisotopic (exact) mass is 375 g/mol. The summed E-state index contributed by atoms with van der Waals surface area (Å²) < 4.78 is 17.1. The molecule has 140 valence electrons. The Balaban J connectivity index is 1.75. The molecule has 0 saturated carbocycles. The van der Waals surface area contributed by atoms with Gasteiger partial charge in [0.25, 0.3) is 5.56 Å². The molecule has 2 aromatic carbocycles. The van der Waals surface area contributed by atoms with Crippen LogP contribution in [0.3, 0.4) is 0 Å². The highest BCUT2D eigenvalue weighted by molar-refractivity contribution is 6.09. The van der Waals surface area contributed by atoms with E-state index in [2.05, 4.69) is 5.10 Å². The lowest BCUT2D eigenvalue weighted by Crippen LogP contribution is -2.26. The van der Waals surface area contributed by atoms with Crippen molar-refractivity contribution in [3.8, 4) is 11.3 Å². The van der Waals surface area contributed by atoms with Gasteiger partial charge in [0, 0.05) is 40.8 Å². The molecule has 2 aromatic heterocycles. The van der Waals surface area contributed by atoms with Crippen LogP contribution < -0.4 is 5.56 Å². The first-order valence-corrected chi connectivity index (χ1v) is 8.87. The van der Waals surface area contributed by atoms with Crippen LogP contribution in [0.5, 0.6) is 0 Å². The van der Waals surface area contributed by atoms with E-state index in [0.717, 1.165) is 21.3 Å². The Morgan fingerprint density at radius 3 is 2.54 bits per heavy atom. The van der Waals surface area contributed by atoms with Crippen LogP contribution in [0.15, 0.2) is 65.5 Å². The number of para-hydroxylation sites is 1. The zero-order chi connectivity index (χ0) is 19.8. The third-order valence-corrected chi connectivity index (χ3v) is 4.99. The maximum atomic E-state index is 14.1. The Bertz CT molecular complexity index is 1270. The predicted molar refractivity (Wildman–Crippen MR) is 106 cm³/mol. The molecule has 0 radical (unpaired) electrons. The van der Waals surface area contributed by atoms with Crippen LogP contribution in [-0.2, 0) is 13.6 Å². The van der Waals surface area contributed by atoms with Crippen molar-refractivity contribution < 1.29 is 9.18 Å². The molecule has 4 aromatic rings. The van der Waals surface area contributed by atoms with Gasteiger partial charge in [-0.05, 0) is 31.2 Å². The molecule has 0 aliphatic heterocycles. The first-order chi connectivity index (χ1) is 13.5. The van der Waals surface area contributed by atoms with E-state index in [1.54, 1.807) is 18.2 Å². The van der Waals surface area contributed by atoms with E-state index in [9.17, 15) is 14.0 Å². The van der Waals surface area contributed by atoms with Gasteiger partial charge in [-0.1, -0.05) is 30.3 Å².